The van der Waals surface area contributed by atoms with Crippen molar-refractivity contribution in [3.05, 3.63) is 11.9 Å². The predicted octanol–water partition coefficient (Wildman–Crippen LogP) is 1.00. The quantitative estimate of drug-likeness (QED) is 0.772. The minimum absolute atomic E-state index is 0.354. The summed E-state index contributed by atoms with van der Waals surface area (Å²) in [4.78, 5) is 6.38. The Balaban J connectivity index is 2.46. The number of nitrogens with one attached hydrogen (secondary N) is 1. The molecule has 0 aliphatic rings. The molecule has 1 aromatic rings. The molecule has 0 fully saturated rings. The van der Waals surface area contributed by atoms with E-state index in [2.05, 4.69) is 21.8 Å². The highest BCUT2D eigenvalue weighted by atomic mass is 16.5. The van der Waals surface area contributed by atoms with Crippen LogP contribution >= 0.6 is 0 Å². The molecule has 0 aliphatic carbocycles. The molecule has 5 heteroatoms. The van der Waals surface area contributed by atoms with Crippen LogP contribution in [0.4, 0.5) is 5.95 Å². The van der Waals surface area contributed by atoms with Gasteiger partial charge in [0.2, 0.25) is 5.95 Å². The van der Waals surface area contributed by atoms with Gasteiger partial charge in [0.05, 0.1) is 18.5 Å². The fourth-order valence-electron chi connectivity index (χ4n) is 1.65. The van der Waals surface area contributed by atoms with Gasteiger partial charge in [0.25, 0.3) is 0 Å². The highest BCUT2D eigenvalue weighted by molar-refractivity contribution is 5.30. The molecule has 1 atom stereocenters. The highest BCUT2D eigenvalue weighted by Crippen LogP contribution is 2.10. The SMILES string of the molecule is CCOCC(C)NCc1cnc(N(C)C)n1C. The van der Waals surface area contributed by atoms with Gasteiger partial charge in [-0.15, -0.1) is 0 Å². The van der Waals surface area contributed by atoms with E-state index in [1.165, 1.54) is 5.69 Å². The normalized spacial score (nSPS) is 12.8. The van der Waals surface area contributed by atoms with Crippen LogP contribution in [0.5, 0.6) is 0 Å². The minimum atomic E-state index is 0.354. The zero-order chi connectivity index (χ0) is 12.8. The van der Waals surface area contributed by atoms with Crippen molar-refractivity contribution < 1.29 is 4.74 Å². The number of nitrogens with zero attached hydrogens (tertiary/aromatic N) is 3. The Morgan fingerprint density at radius 3 is 2.76 bits per heavy atom. The summed E-state index contributed by atoms with van der Waals surface area (Å²) >= 11 is 0. The second kappa shape index (κ2) is 6.61. The molecule has 0 saturated carbocycles. The third-order valence-electron chi connectivity index (χ3n) is 2.66. The van der Waals surface area contributed by atoms with Crippen LogP contribution in [0, 0.1) is 0 Å². The van der Waals surface area contributed by atoms with E-state index in [4.69, 9.17) is 4.74 Å². The molecule has 1 aromatic heterocycles. The topological polar surface area (TPSA) is 42.3 Å². The number of hydrogen-bond acceptors (Lipinski definition) is 4. The number of hydrogen-bond donors (Lipinski definition) is 1. The molecule has 98 valence electrons. The average molecular weight is 240 g/mol. The van der Waals surface area contributed by atoms with Crippen LogP contribution in [0.1, 0.15) is 19.5 Å². The molecule has 0 saturated heterocycles. The van der Waals surface area contributed by atoms with Gasteiger partial charge in [-0.3, -0.25) is 0 Å². The van der Waals surface area contributed by atoms with E-state index >= 15 is 0 Å². The van der Waals surface area contributed by atoms with Crippen molar-refractivity contribution in [3.63, 3.8) is 0 Å². The number of anilines is 1. The van der Waals surface area contributed by atoms with E-state index in [-0.39, 0.29) is 0 Å². The summed E-state index contributed by atoms with van der Waals surface area (Å²) in [6.45, 7) is 6.46. The van der Waals surface area contributed by atoms with Gasteiger partial charge in [-0.25, -0.2) is 4.98 Å². The van der Waals surface area contributed by atoms with E-state index < -0.39 is 0 Å². The van der Waals surface area contributed by atoms with Crippen LogP contribution in [-0.4, -0.2) is 42.9 Å². The molecule has 0 amide bonds. The first kappa shape index (κ1) is 14.0. The summed E-state index contributed by atoms with van der Waals surface area (Å²) in [5.74, 6) is 0.972. The van der Waals surface area contributed by atoms with Crippen LogP contribution in [-0.2, 0) is 18.3 Å². The predicted molar refractivity (Wildman–Crippen MR) is 70.3 cm³/mol. The summed E-state index contributed by atoms with van der Waals surface area (Å²) < 4.78 is 7.46. The van der Waals surface area contributed by atoms with E-state index in [0.717, 1.165) is 25.7 Å². The Kier molecular flexibility index (Phi) is 5.44. The summed E-state index contributed by atoms with van der Waals surface area (Å²) in [6, 6.07) is 0.354. The lowest BCUT2D eigenvalue weighted by atomic mass is 10.3. The molecule has 1 rings (SSSR count). The van der Waals surface area contributed by atoms with Crippen LogP contribution in [0.3, 0.4) is 0 Å². The van der Waals surface area contributed by atoms with Crippen molar-refractivity contribution in [1.29, 1.82) is 0 Å². The third-order valence-corrected chi connectivity index (χ3v) is 2.66. The van der Waals surface area contributed by atoms with Gasteiger partial charge in [0, 0.05) is 40.3 Å². The van der Waals surface area contributed by atoms with Crippen LogP contribution in [0.2, 0.25) is 0 Å². The van der Waals surface area contributed by atoms with Gasteiger partial charge in [-0.1, -0.05) is 0 Å². The molecule has 5 nitrogen and oxygen atoms in total. The zero-order valence-corrected chi connectivity index (χ0v) is 11.5. The molecule has 0 radical (unpaired) electrons. The molecule has 0 aromatic carbocycles. The Morgan fingerprint density at radius 2 is 2.24 bits per heavy atom. The first-order valence-electron chi connectivity index (χ1n) is 6.05. The monoisotopic (exact) mass is 240 g/mol. The highest BCUT2D eigenvalue weighted by Gasteiger charge is 2.08. The molecule has 0 spiro atoms. The van der Waals surface area contributed by atoms with Crippen molar-refractivity contribution >= 4 is 5.95 Å². The van der Waals surface area contributed by atoms with E-state index in [0.29, 0.717) is 6.04 Å². The van der Waals surface area contributed by atoms with Gasteiger partial charge in [0.1, 0.15) is 0 Å². The number of imidazole rings is 1. The maximum atomic E-state index is 5.36. The lowest BCUT2D eigenvalue weighted by Gasteiger charge is -2.15. The summed E-state index contributed by atoms with van der Waals surface area (Å²) in [5, 5.41) is 3.42. The number of aromatic nitrogens is 2. The summed E-state index contributed by atoms with van der Waals surface area (Å²) in [6.07, 6.45) is 1.91. The van der Waals surface area contributed by atoms with Crippen molar-refractivity contribution in [3.8, 4) is 0 Å². The summed E-state index contributed by atoms with van der Waals surface area (Å²) in [7, 11) is 6.03. The lowest BCUT2D eigenvalue weighted by molar-refractivity contribution is 0.127. The fraction of sp³-hybridized carbons (Fsp3) is 0.750. The van der Waals surface area contributed by atoms with Crippen molar-refractivity contribution in [2.24, 2.45) is 7.05 Å². The Hall–Kier alpha value is -1.07. The second-order valence-corrected chi connectivity index (χ2v) is 4.44. The van der Waals surface area contributed by atoms with Gasteiger partial charge >= 0.3 is 0 Å². The zero-order valence-electron chi connectivity index (χ0n) is 11.5. The molecule has 1 heterocycles. The number of rotatable bonds is 7. The Bertz CT molecular complexity index is 335. The third kappa shape index (κ3) is 4.02. The maximum absolute atomic E-state index is 5.36. The van der Waals surface area contributed by atoms with Gasteiger partial charge in [-0.2, -0.15) is 0 Å². The van der Waals surface area contributed by atoms with Crippen molar-refractivity contribution in [2.75, 3.05) is 32.2 Å². The van der Waals surface area contributed by atoms with E-state index in [1.807, 2.05) is 39.2 Å². The lowest BCUT2D eigenvalue weighted by Crippen LogP contribution is -2.30. The second-order valence-electron chi connectivity index (χ2n) is 4.44. The van der Waals surface area contributed by atoms with Crippen molar-refractivity contribution in [2.45, 2.75) is 26.4 Å². The Labute approximate surface area is 104 Å². The molecule has 0 aliphatic heterocycles. The van der Waals surface area contributed by atoms with E-state index in [9.17, 15) is 0 Å². The first-order chi connectivity index (χ1) is 8.06. The molecule has 1 unspecified atom stereocenters. The van der Waals surface area contributed by atoms with E-state index in [1.54, 1.807) is 0 Å². The smallest absolute Gasteiger partial charge is 0.204 e. The van der Waals surface area contributed by atoms with Gasteiger partial charge in [0.15, 0.2) is 0 Å². The molecule has 1 N–H and O–H groups in total. The largest absolute Gasteiger partial charge is 0.380 e. The van der Waals surface area contributed by atoms with Crippen molar-refractivity contribution in [1.82, 2.24) is 14.9 Å². The van der Waals surface area contributed by atoms with Gasteiger partial charge < -0.3 is 19.5 Å². The standard InChI is InChI=1S/C12H24N4O/c1-6-17-9-10(2)13-7-11-8-14-12(15(3)4)16(11)5/h8,10,13H,6-7,9H2,1-5H3. The number of ether oxygens (including phenoxy) is 1. The molecular weight excluding hydrogens is 216 g/mol. The fourth-order valence-corrected chi connectivity index (χ4v) is 1.65. The van der Waals surface area contributed by atoms with Crippen LogP contribution < -0.4 is 10.2 Å². The van der Waals surface area contributed by atoms with Crippen LogP contribution in [0.15, 0.2) is 6.20 Å². The average Bonchev–Trinajstić information content (AvgIpc) is 2.65. The molecule has 0 bridgehead atoms. The summed E-state index contributed by atoms with van der Waals surface area (Å²) in [5.41, 5.74) is 1.18. The molecule has 17 heavy (non-hydrogen) atoms. The minimum Gasteiger partial charge on any atom is -0.380 e. The molecular formula is C12H24N4O. The maximum Gasteiger partial charge on any atom is 0.204 e. The van der Waals surface area contributed by atoms with Crippen LogP contribution in [0.25, 0.3) is 0 Å². The first-order valence-corrected chi connectivity index (χ1v) is 6.05. The van der Waals surface area contributed by atoms with Gasteiger partial charge in [-0.05, 0) is 13.8 Å². The Morgan fingerprint density at radius 1 is 1.53 bits per heavy atom.